The second-order valence-electron chi connectivity index (χ2n) is 7.46. The van der Waals surface area contributed by atoms with Crippen molar-refractivity contribution >= 4 is 40.2 Å². The maximum absolute atomic E-state index is 12.7. The molecule has 0 bridgehead atoms. The molecule has 1 unspecified atom stereocenters. The van der Waals surface area contributed by atoms with Gasteiger partial charge in [-0.15, -0.1) is 0 Å². The fourth-order valence-corrected chi connectivity index (χ4v) is 5.26. The highest BCUT2D eigenvalue weighted by molar-refractivity contribution is 8.00. The van der Waals surface area contributed by atoms with E-state index in [-0.39, 0.29) is 5.91 Å². The minimum Gasteiger partial charge on any atom is -0.326 e. The normalized spacial score (nSPS) is 14.9. The summed E-state index contributed by atoms with van der Waals surface area (Å²) in [4.78, 5) is 14.4. The van der Waals surface area contributed by atoms with E-state index in [0.717, 1.165) is 36.5 Å². The lowest BCUT2D eigenvalue weighted by Gasteiger charge is -2.14. The van der Waals surface area contributed by atoms with Gasteiger partial charge >= 0.3 is 0 Å². The Morgan fingerprint density at radius 1 is 0.935 bits per heavy atom. The lowest BCUT2D eigenvalue weighted by molar-refractivity contribution is 0.102. The lowest BCUT2D eigenvalue weighted by Crippen LogP contribution is -2.22. The lowest BCUT2D eigenvalue weighted by atomic mass is 10.2. The van der Waals surface area contributed by atoms with Gasteiger partial charge in [-0.2, -0.15) is 0 Å². The third-order valence-corrected chi connectivity index (χ3v) is 7.38. The molecule has 4 rings (SSSR count). The smallest absolute Gasteiger partial charge is 0.255 e. The zero-order valence-electron chi connectivity index (χ0n) is 17.3. The molecule has 0 spiro atoms. The summed E-state index contributed by atoms with van der Waals surface area (Å²) in [5, 5.41) is 2.91. The maximum Gasteiger partial charge on any atom is 0.255 e. The third kappa shape index (κ3) is 5.76. The molecule has 3 aromatic carbocycles. The number of benzene rings is 3. The van der Waals surface area contributed by atoms with Crippen molar-refractivity contribution in [2.24, 2.45) is 0 Å². The van der Waals surface area contributed by atoms with E-state index in [9.17, 15) is 9.00 Å². The summed E-state index contributed by atoms with van der Waals surface area (Å²) in [7, 11) is -1.18. The quantitative estimate of drug-likeness (QED) is 0.467. The number of nitrogens with zero attached hydrogens (tertiary/aromatic N) is 1. The van der Waals surface area contributed by atoms with Gasteiger partial charge < -0.3 is 10.0 Å². The van der Waals surface area contributed by atoms with E-state index in [1.807, 2.05) is 46.8 Å². The highest BCUT2D eigenvalue weighted by Crippen LogP contribution is 2.23. The first-order chi connectivity index (χ1) is 15.1. The fraction of sp³-hybridized carbons (Fsp3) is 0.208. The number of carbonyl (C=O) groups excluding carboxylic acids is 1. The number of aryl methyl sites for hydroxylation is 1. The second-order valence-corrected chi connectivity index (χ2v) is 9.83. The Balaban J connectivity index is 1.35. The van der Waals surface area contributed by atoms with E-state index in [1.54, 1.807) is 18.2 Å². The van der Waals surface area contributed by atoms with Crippen LogP contribution in [0.2, 0.25) is 0 Å². The van der Waals surface area contributed by atoms with Gasteiger partial charge in [-0.05, 0) is 86.3 Å². The Kier molecular flexibility index (Phi) is 7.06. The van der Waals surface area contributed by atoms with Crippen LogP contribution in [0, 0.1) is 6.92 Å². The standard InChI is InChI=1S/C24H25N3O2S2/c1-18-7-11-20(12-8-18)26-30-22-13-9-19(10-14-22)24(28)25-21-5-4-6-23(17-21)31(29)27-15-2-3-16-27/h4-14,17,26H,2-3,15-16H2,1H3,(H,25,28). The Labute approximate surface area is 190 Å². The van der Waals surface area contributed by atoms with Gasteiger partial charge in [0, 0.05) is 34.9 Å². The SMILES string of the molecule is Cc1ccc(NSc2ccc(C(=O)Nc3cccc(S(=O)N4CCCC4)c3)cc2)cc1. The van der Waals surface area contributed by atoms with E-state index < -0.39 is 11.0 Å². The van der Waals surface area contributed by atoms with Gasteiger partial charge in [0.15, 0.2) is 0 Å². The second kappa shape index (κ2) is 10.1. The van der Waals surface area contributed by atoms with Crippen molar-refractivity contribution in [3.05, 3.63) is 83.9 Å². The molecule has 1 amide bonds. The van der Waals surface area contributed by atoms with E-state index >= 15 is 0 Å². The average Bonchev–Trinajstić information content (AvgIpc) is 3.34. The van der Waals surface area contributed by atoms with Crippen LogP contribution in [0.3, 0.4) is 0 Å². The maximum atomic E-state index is 12.7. The summed E-state index contributed by atoms with van der Waals surface area (Å²) in [6.45, 7) is 3.77. The fourth-order valence-electron chi connectivity index (χ4n) is 3.30. The van der Waals surface area contributed by atoms with E-state index in [2.05, 4.69) is 29.1 Å². The van der Waals surface area contributed by atoms with Crippen molar-refractivity contribution in [2.75, 3.05) is 23.1 Å². The molecule has 1 heterocycles. The number of hydrogen-bond donors (Lipinski definition) is 2. The molecule has 2 N–H and O–H groups in total. The summed E-state index contributed by atoms with van der Waals surface area (Å²) < 4.78 is 18.0. The summed E-state index contributed by atoms with van der Waals surface area (Å²) in [6, 6.07) is 22.9. The molecule has 0 aromatic heterocycles. The Morgan fingerprint density at radius 2 is 1.65 bits per heavy atom. The summed E-state index contributed by atoms with van der Waals surface area (Å²) in [5.74, 6) is -0.188. The van der Waals surface area contributed by atoms with Crippen LogP contribution in [-0.2, 0) is 11.0 Å². The number of carbonyl (C=O) groups is 1. The summed E-state index contributed by atoms with van der Waals surface area (Å²) in [5.41, 5.74) is 3.47. The minimum absolute atomic E-state index is 0.188. The molecule has 7 heteroatoms. The van der Waals surface area contributed by atoms with Gasteiger partial charge in [0.2, 0.25) is 0 Å². The van der Waals surface area contributed by atoms with Gasteiger partial charge in [0.05, 0.1) is 4.90 Å². The first-order valence-corrected chi connectivity index (χ1v) is 12.2. The van der Waals surface area contributed by atoms with E-state index in [0.29, 0.717) is 16.1 Å². The Bertz CT molecular complexity index is 1060. The average molecular weight is 452 g/mol. The zero-order valence-corrected chi connectivity index (χ0v) is 19.0. The molecule has 0 saturated carbocycles. The van der Waals surface area contributed by atoms with Gasteiger partial charge in [-0.3, -0.25) is 4.79 Å². The monoisotopic (exact) mass is 451 g/mol. The van der Waals surface area contributed by atoms with Crippen LogP contribution >= 0.6 is 11.9 Å². The highest BCUT2D eigenvalue weighted by Gasteiger charge is 2.19. The minimum atomic E-state index is -1.18. The van der Waals surface area contributed by atoms with Crippen LogP contribution < -0.4 is 10.0 Å². The third-order valence-electron chi connectivity index (χ3n) is 5.05. The topological polar surface area (TPSA) is 61.4 Å². The van der Waals surface area contributed by atoms with Gasteiger partial charge in [-0.25, -0.2) is 8.51 Å². The molecule has 0 aliphatic carbocycles. The summed E-state index contributed by atoms with van der Waals surface area (Å²) >= 11 is 1.50. The molecule has 31 heavy (non-hydrogen) atoms. The first-order valence-electron chi connectivity index (χ1n) is 10.3. The number of hydrogen-bond acceptors (Lipinski definition) is 4. The molecule has 1 aliphatic heterocycles. The van der Waals surface area contributed by atoms with Gasteiger partial charge in [0.25, 0.3) is 5.91 Å². The van der Waals surface area contributed by atoms with Gasteiger partial charge in [0.1, 0.15) is 11.0 Å². The zero-order chi connectivity index (χ0) is 21.6. The molecule has 1 fully saturated rings. The molecule has 0 radical (unpaired) electrons. The Hall–Kier alpha value is -2.61. The van der Waals surface area contributed by atoms with Crippen molar-refractivity contribution < 1.29 is 9.00 Å². The molecule has 1 saturated heterocycles. The van der Waals surface area contributed by atoms with Crippen LogP contribution in [0.4, 0.5) is 11.4 Å². The van der Waals surface area contributed by atoms with Crippen molar-refractivity contribution in [1.29, 1.82) is 0 Å². The molecular weight excluding hydrogens is 426 g/mol. The molecular formula is C24H25N3O2S2. The molecule has 160 valence electrons. The largest absolute Gasteiger partial charge is 0.326 e. The predicted octanol–water partition coefficient (Wildman–Crippen LogP) is 5.48. The number of anilines is 2. The molecule has 5 nitrogen and oxygen atoms in total. The summed E-state index contributed by atoms with van der Waals surface area (Å²) in [6.07, 6.45) is 2.16. The number of nitrogens with one attached hydrogen (secondary N) is 2. The van der Waals surface area contributed by atoms with Gasteiger partial charge in [-0.1, -0.05) is 23.8 Å². The molecule has 3 aromatic rings. The van der Waals surface area contributed by atoms with E-state index in [4.69, 9.17) is 0 Å². The van der Waals surface area contributed by atoms with Crippen LogP contribution in [0.1, 0.15) is 28.8 Å². The van der Waals surface area contributed by atoms with Crippen molar-refractivity contribution in [3.63, 3.8) is 0 Å². The van der Waals surface area contributed by atoms with Crippen molar-refractivity contribution in [1.82, 2.24) is 4.31 Å². The number of rotatable bonds is 7. The van der Waals surface area contributed by atoms with Crippen molar-refractivity contribution in [2.45, 2.75) is 29.6 Å². The van der Waals surface area contributed by atoms with Crippen LogP contribution in [0.15, 0.2) is 82.6 Å². The first kappa shape index (κ1) is 21.6. The Morgan fingerprint density at radius 3 is 2.35 bits per heavy atom. The van der Waals surface area contributed by atoms with Crippen LogP contribution in [-0.4, -0.2) is 27.5 Å². The molecule has 1 aliphatic rings. The predicted molar refractivity (Wildman–Crippen MR) is 129 cm³/mol. The van der Waals surface area contributed by atoms with E-state index in [1.165, 1.54) is 17.5 Å². The molecule has 1 atom stereocenters. The van der Waals surface area contributed by atoms with Crippen LogP contribution in [0.25, 0.3) is 0 Å². The number of amides is 1. The van der Waals surface area contributed by atoms with Crippen molar-refractivity contribution in [3.8, 4) is 0 Å². The van der Waals surface area contributed by atoms with Crippen LogP contribution in [0.5, 0.6) is 0 Å². The highest BCUT2D eigenvalue weighted by atomic mass is 32.2.